The maximum Gasteiger partial charge on any atom is 0.338 e. The molecular formula is C20H29ClN2O5S. The van der Waals surface area contributed by atoms with Crippen LogP contribution in [-0.2, 0) is 19.6 Å². The minimum absolute atomic E-state index is 0.0347. The number of benzene rings is 1. The number of carbonyl (C=O) groups is 2. The Bertz CT molecular complexity index is 833. The number of ether oxygens (including phenoxy) is 1. The van der Waals surface area contributed by atoms with Gasteiger partial charge in [0.1, 0.15) is 4.90 Å². The molecule has 0 spiro atoms. The Kier molecular flexibility index (Phi) is 8.48. The number of sulfonamides is 1. The van der Waals surface area contributed by atoms with Gasteiger partial charge < -0.3 is 10.1 Å². The van der Waals surface area contributed by atoms with E-state index in [4.69, 9.17) is 16.3 Å². The van der Waals surface area contributed by atoms with Crippen LogP contribution in [0.15, 0.2) is 23.1 Å². The van der Waals surface area contributed by atoms with E-state index in [-0.39, 0.29) is 27.4 Å². The number of hydrogen-bond donors (Lipinski definition) is 1. The topological polar surface area (TPSA) is 92.8 Å². The van der Waals surface area contributed by atoms with Crippen molar-refractivity contribution in [1.82, 2.24) is 9.62 Å². The smallest absolute Gasteiger partial charge is 0.338 e. The van der Waals surface area contributed by atoms with E-state index in [1.54, 1.807) is 0 Å². The summed E-state index contributed by atoms with van der Waals surface area (Å²) in [6, 6.07) is 3.92. The number of halogens is 1. The average Bonchev–Trinajstić information content (AvgIpc) is 2.96. The van der Waals surface area contributed by atoms with Crippen LogP contribution in [0.2, 0.25) is 5.02 Å². The fraction of sp³-hybridized carbons (Fsp3) is 0.600. The summed E-state index contributed by atoms with van der Waals surface area (Å²) in [6.45, 7) is 6.23. The lowest BCUT2D eigenvalue weighted by atomic mass is 10.1. The van der Waals surface area contributed by atoms with Gasteiger partial charge in [0.15, 0.2) is 6.61 Å². The minimum atomic E-state index is -3.81. The zero-order valence-corrected chi connectivity index (χ0v) is 18.7. The SMILES string of the molecule is CC(C)C(C)NC(=O)COC(=O)c1ccc(Cl)c(S(=O)(=O)N2CCCCCC2)c1. The van der Waals surface area contributed by atoms with Gasteiger partial charge in [-0.3, -0.25) is 4.79 Å². The van der Waals surface area contributed by atoms with E-state index in [9.17, 15) is 18.0 Å². The Morgan fingerprint density at radius 3 is 2.34 bits per heavy atom. The van der Waals surface area contributed by atoms with Gasteiger partial charge in [0.25, 0.3) is 5.91 Å². The quantitative estimate of drug-likeness (QED) is 0.652. The maximum atomic E-state index is 13.0. The first-order valence-electron chi connectivity index (χ1n) is 9.89. The number of nitrogens with zero attached hydrogens (tertiary/aromatic N) is 1. The Morgan fingerprint density at radius 2 is 1.76 bits per heavy atom. The van der Waals surface area contributed by atoms with Crippen LogP contribution >= 0.6 is 11.6 Å². The van der Waals surface area contributed by atoms with E-state index >= 15 is 0 Å². The van der Waals surface area contributed by atoms with Crippen molar-refractivity contribution in [1.29, 1.82) is 0 Å². The van der Waals surface area contributed by atoms with E-state index in [0.717, 1.165) is 25.7 Å². The number of hydrogen-bond acceptors (Lipinski definition) is 5. The zero-order valence-electron chi connectivity index (χ0n) is 17.1. The van der Waals surface area contributed by atoms with Crippen molar-refractivity contribution in [3.8, 4) is 0 Å². The summed E-state index contributed by atoms with van der Waals surface area (Å²) in [7, 11) is -3.81. The Morgan fingerprint density at radius 1 is 1.14 bits per heavy atom. The highest BCUT2D eigenvalue weighted by molar-refractivity contribution is 7.89. The van der Waals surface area contributed by atoms with E-state index in [0.29, 0.717) is 13.1 Å². The first-order valence-corrected chi connectivity index (χ1v) is 11.7. The second-order valence-electron chi connectivity index (χ2n) is 7.64. The molecule has 1 saturated heterocycles. The second kappa shape index (κ2) is 10.4. The first kappa shape index (κ1) is 23.6. The molecule has 1 aliphatic heterocycles. The van der Waals surface area contributed by atoms with Crippen molar-refractivity contribution in [2.75, 3.05) is 19.7 Å². The summed E-state index contributed by atoms with van der Waals surface area (Å²) >= 11 is 6.14. The lowest BCUT2D eigenvalue weighted by Crippen LogP contribution is -2.38. The predicted octanol–water partition coefficient (Wildman–Crippen LogP) is 3.22. The molecule has 1 aromatic carbocycles. The largest absolute Gasteiger partial charge is 0.452 e. The summed E-state index contributed by atoms with van der Waals surface area (Å²) in [5.74, 6) is -0.940. The van der Waals surface area contributed by atoms with Gasteiger partial charge >= 0.3 is 5.97 Å². The van der Waals surface area contributed by atoms with Crippen molar-refractivity contribution in [2.45, 2.75) is 57.4 Å². The highest BCUT2D eigenvalue weighted by atomic mass is 35.5. The fourth-order valence-electron chi connectivity index (χ4n) is 2.93. The fourth-order valence-corrected chi connectivity index (χ4v) is 4.94. The van der Waals surface area contributed by atoms with E-state index < -0.39 is 28.5 Å². The molecule has 1 heterocycles. The minimum Gasteiger partial charge on any atom is -0.452 e. The molecule has 2 rings (SSSR count). The van der Waals surface area contributed by atoms with Crippen LogP contribution in [0.4, 0.5) is 0 Å². The summed E-state index contributed by atoms with van der Waals surface area (Å²) in [5, 5.41) is 2.79. The van der Waals surface area contributed by atoms with Crippen LogP contribution in [0.5, 0.6) is 0 Å². The molecule has 1 N–H and O–H groups in total. The van der Waals surface area contributed by atoms with Gasteiger partial charge in [-0.1, -0.05) is 38.3 Å². The van der Waals surface area contributed by atoms with Gasteiger partial charge in [-0.2, -0.15) is 4.31 Å². The summed E-state index contributed by atoms with van der Waals surface area (Å²) in [6.07, 6.45) is 3.57. The lowest BCUT2D eigenvalue weighted by molar-refractivity contribution is -0.125. The molecule has 0 aliphatic carbocycles. The van der Waals surface area contributed by atoms with E-state index in [2.05, 4.69) is 5.32 Å². The van der Waals surface area contributed by atoms with Gasteiger partial charge in [0.05, 0.1) is 10.6 Å². The highest BCUT2D eigenvalue weighted by Crippen LogP contribution is 2.28. The predicted molar refractivity (Wildman–Crippen MR) is 111 cm³/mol. The summed E-state index contributed by atoms with van der Waals surface area (Å²) in [5.41, 5.74) is 0.0347. The van der Waals surface area contributed by atoms with Gasteiger partial charge in [-0.15, -0.1) is 0 Å². The van der Waals surface area contributed by atoms with Crippen molar-refractivity contribution >= 4 is 33.5 Å². The normalized spacial score (nSPS) is 16.9. The number of esters is 1. The third kappa shape index (κ3) is 6.42. The van der Waals surface area contributed by atoms with Crippen molar-refractivity contribution in [3.63, 3.8) is 0 Å². The third-order valence-corrected chi connectivity index (χ3v) is 7.45. The van der Waals surface area contributed by atoms with Crippen molar-refractivity contribution in [3.05, 3.63) is 28.8 Å². The van der Waals surface area contributed by atoms with Gasteiger partial charge in [-0.05, 0) is 43.9 Å². The molecule has 1 aromatic rings. The van der Waals surface area contributed by atoms with Gasteiger partial charge in [0.2, 0.25) is 10.0 Å². The number of nitrogens with one attached hydrogen (secondary N) is 1. The van der Waals surface area contributed by atoms with E-state index in [1.165, 1.54) is 22.5 Å². The molecular weight excluding hydrogens is 416 g/mol. The van der Waals surface area contributed by atoms with Gasteiger partial charge in [0, 0.05) is 19.1 Å². The molecule has 0 bridgehead atoms. The second-order valence-corrected chi connectivity index (χ2v) is 9.95. The summed E-state index contributed by atoms with van der Waals surface area (Å²) in [4.78, 5) is 24.1. The van der Waals surface area contributed by atoms with Crippen LogP contribution in [-0.4, -0.2) is 50.3 Å². The molecule has 29 heavy (non-hydrogen) atoms. The average molecular weight is 445 g/mol. The van der Waals surface area contributed by atoms with Gasteiger partial charge in [-0.25, -0.2) is 13.2 Å². The molecule has 1 fully saturated rings. The van der Waals surface area contributed by atoms with Crippen molar-refractivity contribution < 1.29 is 22.7 Å². The molecule has 1 atom stereocenters. The molecule has 1 aliphatic rings. The third-order valence-electron chi connectivity index (χ3n) is 5.07. The van der Waals surface area contributed by atoms with Crippen molar-refractivity contribution in [2.24, 2.45) is 5.92 Å². The lowest BCUT2D eigenvalue weighted by Gasteiger charge is -2.21. The molecule has 1 unspecified atom stereocenters. The van der Waals surface area contributed by atoms with Crippen LogP contribution in [0.1, 0.15) is 56.8 Å². The standard InChI is InChI=1S/C20H29ClN2O5S/c1-14(2)15(3)22-19(24)13-28-20(25)16-8-9-17(21)18(12-16)29(26,27)23-10-6-4-5-7-11-23/h8-9,12,14-15H,4-7,10-11,13H2,1-3H3,(H,22,24). The molecule has 7 nitrogen and oxygen atoms in total. The highest BCUT2D eigenvalue weighted by Gasteiger charge is 2.28. The van der Waals surface area contributed by atoms with Crippen LogP contribution in [0, 0.1) is 5.92 Å². The van der Waals surface area contributed by atoms with Crippen LogP contribution < -0.4 is 5.32 Å². The van der Waals surface area contributed by atoms with E-state index in [1.807, 2.05) is 20.8 Å². The number of amides is 1. The molecule has 162 valence electrons. The number of carbonyl (C=O) groups excluding carboxylic acids is 2. The molecule has 9 heteroatoms. The monoisotopic (exact) mass is 444 g/mol. The zero-order chi connectivity index (χ0) is 21.6. The molecule has 1 amide bonds. The Hall–Kier alpha value is -1.64. The summed E-state index contributed by atoms with van der Waals surface area (Å²) < 4.78 is 32.5. The van der Waals surface area contributed by atoms with Crippen LogP contribution in [0.3, 0.4) is 0 Å². The van der Waals surface area contributed by atoms with Crippen LogP contribution in [0.25, 0.3) is 0 Å². The number of rotatable bonds is 7. The molecule has 0 radical (unpaired) electrons. The first-order chi connectivity index (χ1) is 13.6. The molecule has 0 saturated carbocycles. The Balaban J connectivity index is 2.11. The maximum absolute atomic E-state index is 13.0. The molecule has 0 aromatic heterocycles. The Labute approximate surface area is 177 Å².